The Bertz CT molecular complexity index is 563. The maximum absolute atomic E-state index is 9.62. The van der Waals surface area contributed by atoms with Gasteiger partial charge >= 0.3 is 0 Å². The number of benzene rings is 1. The molecule has 2 rings (SSSR count). The first kappa shape index (κ1) is 14.2. The lowest BCUT2D eigenvalue weighted by molar-refractivity contribution is 0.198. The molecule has 0 aliphatic carbocycles. The van der Waals surface area contributed by atoms with Crippen molar-refractivity contribution < 1.29 is 9.52 Å². The normalized spacial score (nSPS) is 12.5. The van der Waals surface area contributed by atoms with Gasteiger partial charge in [0.1, 0.15) is 5.76 Å². The third kappa shape index (κ3) is 3.19. The number of rotatable bonds is 4. The summed E-state index contributed by atoms with van der Waals surface area (Å²) in [6, 6.07) is 7.98. The van der Waals surface area contributed by atoms with Gasteiger partial charge in [-0.1, -0.05) is 22.0 Å². The van der Waals surface area contributed by atoms with E-state index in [4.69, 9.17) is 4.42 Å². The molecule has 0 amide bonds. The van der Waals surface area contributed by atoms with Crippen LogP contribution in [0.1, 0.15) is 29.9 Å². The van der Waals surface area contributed by atoms with Gasteiger partial charge in [0, 0.05) is 29.3 Å². The second kappa shape index (κ2) is 5.80. The van der Waals surface area contributed by atoms with E-state index < -0.39 is 6.10 Å². The number of hydrogen-bond donors (Lipinski definition) is 1. The zero-order chi connectivity index (χ0) is 14.0. The second-order valence-corrected chi connectivity index (χ2v) is 5.59. The third-order valence-corrected chi connectivity index (χ3v) is 3.94. The highest BCUT2D eigenvalue weighted by atomic mass is 79.9. The molecule has 0 unspecified atom stereocenters. The molecule has 4 heteroatoms. The van der Waals surface area contributed by atoms with Gasteiger partial charge in [0.05, 0.1) is 12.4 Å². The highest BCUT2D eigenvalue weighted by Gasteiger charge is 2.10. The Morgan fingerprint density at radius 2 is 2.11 bits per heavy atom. The maximum atomic E-state index is 9.62. The number of hydrogen-bond acceptors (Lipinski definition) is 3. The quantitative estimate of drug-likeness (QED) is 0.922. The van der Waals surface area contributed by atoms with E-state index in [2.05, 4.69) is 20.8 Å². The van der Waals surface area contributed by atoms with Crippen LogP contribution in [0.25, 0.3) is 0 Å². The maximum Gasteiger partial charge on any atom is 0.105 e. The van der Waals surface area contributed by atoms with E-state index in [1.165, 1.54) is 5.56 Å². The van der Waals surface area contributed by atoms with Crippen molar-refractivity contribution in [2.45, 2.75) is 26.5 Å². The van der Waals surface area contributed by atoms with Crippen molar-refractivity contribution in [2.24, 2.45) is 0 Å². The van der Waals surface area contributed by atoms with Crippen molar-refractivity contribution in [2.75, 3.05) is 11.9 Å². The van der Waals surface area contributed by atoms with Gasteiger partial charge in [0.25, 0.3) is 0 Å². The van der Waals surface area contributed by atoms with E-state index in [-0.39, 0.29) is 0 Å². The fourth-order valence-corrected chi connectivity index (χ4v) is 2.71. The summed E-state index contributed by atoms with van der Waals surface area (Å²) in [6.45, 7) is 4.52. The van der Waals surface area contributed by atoms with Crippen molar-refractivity contribution in [3.8, 4) is 0 Å². The van der Waals surface area contributed by atoms with E-state index in [0.29, 0.717) is 0 Å². The Labute approximate surface area is 122 Å². The summed E-state index contributed by atoms with van der Waals surface area (Å²) in [4.78, 5) is 2.15. The summed E-state index contributed by atoms with van der Waals surface area (Å²) in [7, 11) is 2.04. The number of furan rings is 1. The topological polar surface area (TPSA) is 36.6 Å². The van der Waals surface area contributed by atoms with Gasteiger partial charge in [0.15, 0.2) is 0 Å². The molecule has 0 radical (unpaired) electrons. The number of anilines is 1. The molecule has 0 aliphatic heterocycles. The Balaban J connectivity index is 2.18. The van der Waals surface area contributed by atoms with Gasteiger partial charge in [-0.3, -0.25) is 0 Å². The van der Waals surface area contributed by atoms with Crippen molar-refractivity contribution in [1.29, 1.82) is 0 Å². The smallest absolute Gasteiger partial charge is 0.105 e. The number of aliphatic hydroxyl groups is 1. The minimum Gasteiger partial charge on any atom is -0.469 e. The predicted octanol–water partition coefficient (Wildman–Crippen LogP) is 4.04. The SMILES string of the molecule is Cc1occc1CN(C)c1ccc([C@@H](C)O)c(Br)c1. The first-order valence-corrected chi connectivity index (χ1v) is 7.00. The van der Waals surface area contributed by atoms with Gasteiger partial charge in [-0.05, 0) is 37.6 Å². The first-order chi connectivity index (χ1) is 8.99. The molecule has 102 valence electrons. The lowest BCUT2D eigenvalue weighted by atomic mass is 10.1. The Kier molecular flexibility index (Phi) is 4.32. The van der Waals surface area contributed by atoms with E-state index in [0.717, 1.165) is 28.0 Å². The van der Waals surface area contributed by atoms with E-state index in [9.17, 15) is 5.11 Å². The summed E-state index contributed by atoms with van der Waals surface area (Å²) < 4.78 is 6.23. The van der Waals surface area contributed by atoms with Gasteiger partial charge in [-0.2, -0.15) is 0 Å². The summed E-state index contributed by atoms with van der Waals surface area (Å²) in [6.07, 6.45) is 1.25. The van der Waals surface area contributed by atoms with Crippen LogP contribution >= 0.6 is 15.9 Å². The molecule has 0 bridgehead atoms. The van der Waals surface area contributed by atoms with Crippen molar-refractivity contribution in [3.05, 3.63) is 51.9 Å². The van der Waals surface area contributed by atoms with Crippen LogP contribution in [0.2, 0.25) is 0 Å². The van der Waals surface area contributed by atoms with E-state index >= 15 is 0 Å². The molecule has 1 aromatic heterocycles. The largest absolute Gasteiger partial charge is 0.469 e. The molecule has 0 spiro atoms. The molecular weight excluding hydrogens is 306 g/mol. The Morgan fingerprint density at radius 1 is 1.37 bits per heavy atom. The van der Waals surface area contributed by atoms with Crippen molar-refractivity contribution in [3.63, 3.8) is 0 Å². The van der Waals surface area contributed by atoms with Crippen LogP contribution in [-0.4, -0.2) is 12.2 Å². The van der Waals surface area contributed by atoms with Crippen LogP contribution in [0, 0.1) is 6.92 Å². The molecule has 1 N–H and O–H groups in total. The second-order valence-electron chi connectivity index (χ2n) is 4.74. The molecule has 1 aromatic carbocycles. The summed E-state index contributed by atoms with van der Waals surface area (Å²) in [5.74, 6) is 0.950. The van der Waals surface area contributed by atoms with Gasteiger partial charge in [-0.25, -0.2) is 0 Å². The van der Waals surface area contributed by atoms with Gasteiger partial charge in [-0.15, -0.1) is 0 Å². The van der Waals surface area contributed by atoms with Gasteiger partial charge in [0.2, 0.25) is 0 Å². The average Bonchev–Trinajstić information content (AvgIpc) is 2.74. The fourth-order valence-electron chi connectivity index (χ4n) is 2.01. The van der Waals surface area contributed by atoms with Crippen molar-refractivity contribution >= 4 is 21.6 Å². The zero-order valence-electron chi connectivity index (χ0n) is 11.4. The number of aliphatic hydroxyl groups excluding tert-OH is 1. The lowest BCUT2D eigenvalue weighted by Gasteiger charge is -2.20. The molecule has 0 saturated carbocycles. The number of halogens is 1. The van der Waals surface area contributed by atoms with Crippen LogP contribution < -0.4 is 4.90 Å². The molecule has 2 aromatic rings. The number of nitrogens with zero attached hydrogens (tertiary/aromatic N) is 1. The predicted molar refractivity (Wildman–Crippen MR) is 80.3 cm³/mol. The molecule has 3 nitrogen and oxygen atoms in total. The molecule has 1 heterocycles. The summed E-state index contributed by atoms with van der Waals surface area (Å²) >= 11 is 3.50. The van der Waals surface area contributed by atoms with Crippen LogP contribution in [0.4, 0.5) is 5.69 Å². The molecule has 19 heavy (non-hydrogen) atoms. The zero-order valence-corrected chi connectivity index (χ0v) is 12.9. The monoisotopic (exact) mass is 323 g/mol. The summed E-state index contributed by atoms with van der Waals surface area (Å²) in [5.41, 5.74) is 3.17. The lowest BCUT2D eigenvalue weighted by Crippen LogP contribution is -2.16. The van der Waals surface area contributed by atoms with E-state index in [1.807, 2.05) is 38.2 Å². The average molecular weight is 324 g/mol. The first-order valence-electron chi connectivity index (χ1n) is 6.20. The van der Waals surface area contributed by atoms with E-state index in [1.54, 1.807) is 13.2 Å². The molecule has 0 saturated heterocycles. The minimum atomic E-state index is -0.468. The van der Waals surface area contributed by atoms with Crippen LogP contribution in [0.3, 0.4) is 0 Å². The van der Waals surface area contributed by atoms with Crippen molar-refractivity contribution in [1.82, 2.24) is 0 Å². The minimum absolute atomic E-state index is 0.468. The molecule has 0 aliphatic rings. The molecule has 1 atom stereocenters. The highest BCUT2D eigenvalue weighted by Crippen LogP contribution is 2.28. The standard InChI is InChI=1S/C15H18BrNO2/c1-10(18)14-5-4-13(8-15(14)16)17(3)9-12-6-7-19-11(12)2/h4-8,10,18H,9H2,1-3H3/t10-/m1/s1. The van der Waals surface area contributed by atoms with Gasteiger partial charge < -0.3 is 14.4 Å². The Morgan fingerprint density at radius 3 is 2.63 bits per heavy atom. The Hall–Kier alpha value is -1.26. The molecule has 0 fully saturated rings. The van der Waals surface area contributed by atoms with Crippen LogP contribution in [-0.2, 0) is 6.54 Å². The number of aryl methyl sites for hydroxylation is 1. The molecular formula is C15H18BrNO2. The highest BCUT2D eigenvalue weighted by molar-refractivity contribution is 9.10. The van der Waals surface area contributed by atoms with Crippen LogP contribution in [0.15, 0.2) is 39.4 Å². The third-order valence-electron chi connectivity index (χ3n) is 3.25. The van der Waals surface area contributed by atoms with Crippen LogP contribution in [0.5, 0.6) is 0 Å². The summed E-state index contributed by atoms with van der Waals surface area (Å²) in [5, 5.41) is 9.62. The fraction of sp³-hybridized carbons (Fsp3) is 0.333.